The van der Waals surface area contributed by atoms with Crippen LogP contribution in [0, 0.1) is 0 Å². The number of rotatable bonds is 12. The van der Waals surface area contributed by atoms with E-state index >= 15 is 0 Å². The molecule has 13 heteroatoms. The van der Waals surface area contributed by atoms with Gasteiger partial charge in [-0.05, 0) is 55.3 Å². The lowest BCUT2D eigenvalue weighted by atomic mass is 10.1. The van der Waals surface area contributed by atoms with Crippen LogP contribution in [0.4, 0.5) is 18.9 Å². The fourth-order valence-electron chi connectivity index (χ4n) is 4.06. The third-order valence-electron chi connectivity index (χ3n) is 6.45. The maximum Gasteiger partial charge on any atom is 0.417 e. The van der Waals surface area contributed by atoms with Crippen molar-refractivity contribution >= 4 is 50.7 Å². The van der Waals surface area contributed by atoms with E-state index in [0.29, 0.717) is 33.9 Å². The molecule has 0 aromatic heterocycles. The van der Waals surface area contributed by atoms with Gasteiger partial charge in [-0.25, -0.2) is 8.42 Å². The number of sulfonamides is 1. The molecule has 0 saturated heterocycles. The Morgan fingerprint density at radius 2 is 1.60 bits per heavy atom. The number of nitrogens with zero attached hydrogens (tertiary/aromatic N) is 2. The average molecular weight is 645 g/mol. The first kappa shape index (κ1) is 33.2. The van der Waals surface area contributed by atoms with E-state index in [1.54, 1.807) is 30.3 Å². The quantitative estimate of drug-likeness (QED) is 0.227. The van der Waals surface area contributed by atoms with Gasteiger partial charge < -0.3 is 10.2 Å². The van der Waals surface area contributed by atoms with Crippen LogP contribution in [-0.4, -0.2) is 44.3 Å². The molecule has 0 heterocycles. The zero-order valence-corrected chi connectivity index (χ0v) is 25.2. The summed E-state index contributed by atoms with van der Waals surface area (Å²) in [6.45, 7) is 2.73. The molecule has 0 aliphatic carbocycles. The van der Waals surface area contributed by atoms with Gasteiger partial charge in [0, 0.05) is 18.1 Å². The summed E-state index contributed by atoms with van der Waals surface area (Å²) in [5.41, 5.74) is -1.20. The molecule has 0 radical (unpaired) electrons. The number of benzene rings is 3. The molecular formula is C29H30Cl2F3N3O4S. The normalized spacial score (nSPS) is 12.5. The zero-order valence-electron chi connectivity index (χ0n) is 22.9. The lowest BCUT2D eigenvalue weighted by molar-refractivity contribution is -0.139. The Balaban J connectivity index is 2.09. The van der Waals surface area contributed by atoms with Crippen LogP contribution in [0.5, 0.6) is 0 Å². The molecule has 1 atom stereocenters. The van der Waals surface area contributed by atoms with Gasteiger partial charge in [0.1, 0.15) is 12.6 Å². The van der Waals surface area contributed by atoms with Gasteiger partial charge in [0.25, 0.3) is 10.0 Å². The van der Waals surface area contributed by atoms with E-state index in [-0.39, 0.29) is 11.4 Å². The van der Waals surface area contributed by atoms with Crippen molar-refractivity contribution in [2.45, 2.75) is 50.3 Å². The minimum absolute atomic E-state index is 0.158. The Morgan fingerprint density at radius 3 is 2.21 bits per heavy atom. The number of hydrogen-bond acceptors (Lipinski definition) is 4. The molecule has 2 amide bonds. The zero-order chi connectivity index (χ0) is 31.1. The topological polar surface area (TPSA) is 86.8 Å². The molecule has 3 aromatic rings. The molecule has 3 aromatic carbocycles. The van der Waals surface area contributed by atoms with Crippen LogP contribution in [0.15, 0.2) is 77.7 Å². The van der Waals surface area contributed by atoms with Crippen LogP contribution in [-0.2, 0) is 32.3 Å². The Kier molecular flexibility index (Phi) is 11.3. The van der Waals surface area contributed by atoms with Crippen molar-refractivity contribution in [2.24, 2.45) is 0 Å². The van der Waals surface area contributed by atoms with E-state index in [9.17, 15) is 31.2 Å². The van der Waals surface area contributed by atoms with Crippen molar-refractivity contribution in [3.8, 4) is 0 Å². The molecule has 0 aliphatic heterocycles. The molecule has 1 N–H and O–H groups in total. The van der Waals surface area contributed by atoms with E-state index < -0.39 is 56.9 Å². The molecule has 42 heavy (non-hydrogen) atoms. The maximum absolute atomic E-state index is 13.9. The van der Waals surface area contributed by atoms with E-state index in [0.717, 1.165) is 23.5 Å². The standard InChI is InChI=1S/C29H30Cl2F3N3O4S/c1-3-4-16-35-28(39)20(2)36(18-21-10-8-9-13-25(21)30)27(38)19-37(42(40,41)23-11-6-5-7-12-23)22-14-15-26(31)24(17-22)29(32,33)34/h5-15,17,20H,3-4,16,18-19H2,1-2H3,(H,35,39). The number of hydrogen-bond donors (Lipinski definition) is 1. The summed E-state index contributed by atoms with van der Waals surface area (Å²) in [5, 5.41) is 2.44. The minimum atomic E-state index is -4.89. The number of amides is 2. The van der Waals surface area contributed by atoms with Crippen LogP contribution >= 0.6 is 23.2 Å². The Bertz CT molecular complexity index is 1510. The average Bonchev–Trinajstić information content (AvgIpc) is 2.95. The van der Waals surface area contributed by atoms with Gasteiger partial charge in [-0.15, -0.1) is 0 Å². The fourth-order valence-corrected chi connectivity index (χ4v) is 5.91. The highest BCUT2D eigenvalue weighted by atomic mass is 35.5. The molecule has 0 spiro atoms. The fraction of sp³-hybridized carbons (Fsp3) is 0.310. The van der Waals surface area contributed by atoms with Gasteiger partial charge in [-0.1, -0.05) is 72.9 Å². The van der Waals surface area contributed by atoms with Crippen molar-refractivity contribution < 1.29 is 31.2 Å². The molecule has 0 saturated carbocycles. The number of alkyl halides is 3. The van der Waals surface area contributed by atoms with Crippen LogP contribution < -0.4 is 9.62 Å². The second-order valence-corrected chi connectivity index (χ2v) is 12.1. The van der Waals surface area contributed by atoms with Gasteiger partial charge >= 0.3 is 6.18 Å². The molecule has 0 fully saturated rings. The molecule has 7 nitrogen and oxygen atoms in total. The summed E-state index contributed by atoms with van der Waals surface area (Å²) in [7, 11) is -4.55. The van der Waals surface area contributed by atoms with E-state index in [1.165, 1.54) is 31.2 Å². The predicted molar refractivity (Wildman–Crippen MR) is 157 cm³/mol. The predicted octanol–water partition coefficient (Wildman–Crippen LogP) is 6.54. The molecule has 0 aliphatic rings. The lowest BCUT2D eigenvalue weighted by Crippen LogP contribution is -2.51. The third-order valence-corrected chi connectivity index (χ3v) is 8.94. The van der Waals surface area contributed by atoms with Gasteiger partial charge in [-0.2, -0.15) is 13.2 Å². The van der Waals surface area contributed by atoms with Crippen LogP contribution in [0.2, 0.25) is 10.0 Å². The first-order valence-corrected chi connectivity index (χ1v) is 15.2. The van der Waals surface area contributed by atoms with Gasteiger partial charge in [0.2, 0.25) is 11.8 Å². The van der Waals surface area contributed by atoms with Crippen molar-refractivity contribution in [2.75, 3.05) is 17.4 Å². The van der Waals surface area contributed by atoms with E-state index in [1.807, 2.05) is 6.92 Å². The SMILES string of the molecule is CCCCNC(=O)C(C)N(Cc1ccccc1Cl)C(=O)CN(c1ccc(Cl)c(C(F)(F)F)c1)S(=O)(=O)c1ccccc1. The number of carbonyl (C=O) groups excluding carboxylic acids is 2. The molecule has 1 unspecified atom stereocenters. The lowest BCUT2D eigenvalue weighted by Gasteiger charge is -2.32. The summed E-state index contributed by atoms with van der Waals surface area (Å²) in [6.07, 6.45) is -3.36. The third kappa shape index (κ3) is 8.17. The van der Waals surface area contributed by atoms with Gasteiger partial charge in [0.15, 0.2) is 0 Å². The number of unbranched alkanes of at least 4 members (excludes halogenated alkanes) is 1. The molecular weight excluding hydrogens is 614 g/mol. The van der Waals surface area contributed by atoms with Crippen molar-refractivity contribution in [1.82, 2.24) is 10.2 Å². The summed E-state index contributed by atoms with van der Waals surface area (Å²) < 4.78 is 69.3. The van der Waals surface area contributed by atoms with Crippen LogP contribution in [0.25, 0.3) is 0 Å². The first-order valence-electron chi connectivity index (χ1n) is 13.0. The smallest absolute Gasteiger partial charge is 0.354 e. The van der Waals surface area contributed by atoms with Gasteiger partial charge in [0.05, 0.1) is 21.2 Å². The second-order valence-electron chi connectivity index (χ2n) is 9.42. The van der Waals surface area contributed by atoms with Crippen LogP contribution in [0.3, 0.4) is 0 Å². The van der Waals surface area contributed by atoms with Crippen molar-refractivity contribution in [1.29, 1.82) is 0 Å². The summed E-state index contributed by atoms with van der Waals surface area (Å²) in [6, 6.07) is 15.1. The maximum atomic E-state index is 13.9. The summed E-state index contributed by atoms with van der Waals surface area (Å²) in [4.78, 5) is 27.8. The highest BCUT2D eigenvalue weighted by Gasteiger charge is 2.37. The molecule has 226 valence electrons. The number of carbonyl (C=O) groups is 2. The monoisotopic (exact) mass is 643 g/mol. The molecule has 3 rings (SSSR count). The van der Waals surface area contributed by atoms with Crippen molar-refractivity contribution in [3.05, 3.63) is 94.0 Å². The van der Waals surface area contributed by atoms with Crippen LogP contribution in [0.1, 0.15) is 37.8 Å². The number of nitrogens with one attached hydrogen (secondary N) is 1. The molecule has 0 bridgehead atoms. The second kappa shape index (κ2) is 14.3. The largest absolute Gasteiger partial charge is 0.417 e. The highest BCUT2D eigenvalue weighted by molar-refractivity contribution is 7.92. The first-order chi connectivity index (χ1) is 19.8. The number of anilines is 1. The summed E-state index contributed by atoms with van der Waals surface area (Å²) >= 11 is 12.1. The number of halogens is 5. The Morgan fingerprint density at radius 1 is 0.952 bits per heavy atom. The van der Waals surface area contributed by atoms with Crippen molar-refractivity contribution in [3.63, 3.8) is 0 Å². The summed E-state index contributed by atoms with van der Waals surface area (Å²) in [5.74, 6) is -1.32. The van der Waals surface area contributed by atoms with E-state index in [4.69, 9.17) is 23.2 Å². The minimum Gasteiger partial charge on any atom is -0.354 e. The Hall–Kier alpha value is -3.28. The Labute approximate surface area is 253 Å². The van der Waals surface area contributed by atoms with Gasteiger partial charge in [-0.3, -0.25) is 13.9 Å². The highest BCUT2D eigenvalue weighted by Crippen LogP contribution is 2.38. The van der Waals surface area contributed by atoms with E-state index in [2.05, 4.69) is 5.32 Å².